The minimum atomic E-state index is -0.690. The molecule has 1 N–H and O–H groups in total. The van der Waals surface area contributed by atoms with Crippen LogP contribution < -0.4 is 0 Å². The van der Waals surface area contributed by atoms with Crippen molar-refractivity contribution in [2.45, 2.75) is 118 Å². The Labute approximate surface area is 374 Å². The van der Waals surface area contributed by atoms with E-state index in [0.29, 0.717) is 57.9 Å². The predicted octanol–water partition coefficient (Wildman–Crippen LogP) is 3.27. The molecule has 1 aliphatic heterocycles. The van der Waals surface area contributed by atoms with Gasteiger partial charge in [0.2, 0.25) is 5.91 Å². The van der Waals surface area contributed by atoms with Crippen LogP contribution in [0.3, 0.4) is 0 Å². The fourth-order valence-corrected chi connectivity index (χ4v) is 6.63. The highest BCUT2D eigenvalue weighted by atomic mass is 16.6. The van der Waals surface area contributed by atoms with Crippen molar-refractivity contribution in [3.63, 3.8) is 0 Å². The Hall–Kier alpha value is -4.45. The Bertz CT molecular complexity index is 1600. The summed E-state index contributed by atoms with van der Waals surface area (Å²) >= 11 is 0. The van der Waals surface area contributed by atoms with Crippen LogP contribution in [0.2, 0.25) is 0 Å². The van der Waals surface area contributed by atoms with Crippen LogP contribution in [-0.2, 0) is 58.9 Å². The van der Waals surface area contributed by atoms with Gasteiger partial charge in [0.05, 0.1) is 52.2 Å². The molecular weight excluding hydrogens is 815 g/mol. The highest BCUT2D eigenvalue weighted by Crippen LogP contribution is 2.14. The zero-order chi connectivity index (χ0) is 47.4. The SMILES string of the molecule is CCOC(=O)CCC(=O)CN(CCCC(=O)CN1CCN(CC(=O)OC(C)(C)C)CCN(CC(=O)OC(C)(C)C)CCN(CC(=O)OC(C)(C)C)CC1)C(=O)Cc1ccc(O)cc1. The molecule has 63 heavy (non-hydrogen) atoms. The molecule has 0 radical (unpaired) electrons. The van der Waals surface area contributed by atoms with Crippen LogP contribution in [0, 0.1) is 0 Å². The molecule has 1 saturated heterocycles. The van der Waals surface area contributed by atoms with Gasteiger partial charge < -0.3 is 29.0 Å². The zero-order valence-electron chi connectivity index (χ0n) is 39.6. The van der Waals surface area contributed by atoms with Crippen LogP contribution in [0.1, 0.15) is 100 Å². The molecule has 17 heteroatoms. The molecule has 1 aromatic rings. The summed E-state index contributed by atoms with van der Waals surface area (Å²) < 4.78 is 21.9. The van der Waals surface area contributed by atoms with Crippen molar-refractivity contribution in [3.8, 4) is 5.75 Å². The molecule has 1 heterocycles. The third-order valence-corrected chi connectivity index (χ3v) is 9.46. The highest BCUT2D eigenvalue weighted by Gasteiger charge is 2.27. The third-order valence-electron chi connectivity index (χ3n) is 9.46. The lowest BCUT2D eigenvalue weighted by Gasteiger charge is -2.34. The second-order valence-corrected chi connectivity index (χ2v) is 19.0. The van der Waals surface area contributed by atoms with Gasteiger partial charge in [-0.3, -0.25) is 53.2 Å². The number of carbonyl (C=O) groups is 7. The Kier molecular flexibility index (Phi) is 22.9. The van der Waals surface area contributed by atoms with Gasteiger partial charge in [-0.05, 0) is 93.4 Å². The summed E-state index contributed by atoms with van der Waals surface area (Å²) in [4.78, 5) is 100. The summed E-state index contributed by atoms with van der Waals surface area (Å²) in [6, 6.07) is 6.20. The molecule has 0 bridgehead atoms. The van der Waals surface area contributed by atoms with E-state index in [2.05, 4.69) is 0 Å². The minimum Gasteiger partial charge on any atom is -0.508 e. The van der Waals surface area contributed by atoms with Crippen molar-refractivity contribution in [1.29, 1.82) is 0 Å². The van der Waals surface area contributed by atoms with Gasteiger partial charge in [-0.25, -0.2) is 0 Å². The standard InChI is InChI=1S/C46H75N5O12/c1-11-60-40(56)19-18-38(54)31-51(39(55)29-35-14-16-36(52)17-15-35)20-12-13-37(53)30-47-21-23-48(32-41(57)61-44(2,3)4)25-27-50(34-43(59)63-46(8,9)10)28-26-49(24-22-47)33-42(58)62-45(5,6)7/h14-17,52H,11-13,18-34H2,1-10H3. The molecule has 0 aromatic heterocycles. The first-order chi connectivity index (χ1) is 29.3. The second kappa shape index (κ2) is 26.4. The number of benzene rings is 1. The quantitative estimate of drug-likeness (QED) is 0.148. The molecule has 1 amide bonds. The normalized spacial score (nSPS) is 15.7. The number of esters is 4. The van der Waals surface area contributed by atoms with Crippen LogP contribution in [0.25, 0.3) is 0 Å². The molecule has 2 rings (SSSR count). The number of amides is 1. The van der Waals surface area contributed by atoms with Crippen LogP contribution in [0.15, 0.2) is 24.3 Å². The van der Waals surface area contributed by atoms with E-state index in [1.807, 2.05) is 19.6 Å². The number of ether oxygens (including phenoxy) is 4. The summed E-state index contributed by atoms with van der Waals surface area (Å²) in [5.74, 6) is -2.37. The van der Waals surface area contributed by atoms with E-state index in [1.54, 1.807) is 81.4 Å². The van der Waals surface area contributed by atoms with Crippen LogP contribution in [-0.4, -0.2) is 186 Å². The second-order valence-electron chi connectivity index (χ2n) is 19.0. The van der Waals surface area contributed by atoms with Crippen molar-refractivity contribution in [3.05, 3.63) is 29.8 Å². The summed E-state index contributed by atoms with van der Waals surface area (Å²) in [6.45, 7) is 21.3. The molecule has 0 atom stereocenters. The van der Waals surface area contributed by atoms with Gasteiger partial charge >= 0.3 is 23.9 Å². The number of rotatable bonds is 20. The predicted molar refractivity (Wildman–Crippen MR) is 237 cm³/mol. The number of carbonyl (C=O) groups excluding carboxylic acids is 7. The lowest BCUT2D eigenvalue weighted by Crippen LogP contribution is -2.50. The van der Waals surface area contributed by atoms with Crippen LogP contribution in [0.4, 0.5) is 0 Å². The highest BCUT2D eigenvalue weighted by molar-refractivity contribution is 5.89. The first-order valence-electron chi connectivity index (χ1n) is 22.1. The van der Waals surface area contributed by atoms with E-state index < -0.39 is 34.7 Å². The molecule has 0 aliphatic carbocycles. The Morgan fingerprint density at radius 3 is 1.33 bits per heavy atom. The molecule has 356 valence electrons. The van der Waals surface area contributed by atoms with Gasteiger partial charge in [0.1, 0.15) is 28.3 Å². The topological polar surface area (TPSA) is 193 Å². The van der Waals surface area contributed by atoms with E-state index in [9.17, 15) is 38.7 Å². The van der Waals surface area contributed by atoms with E-state index in [1.165, 1.54) is 17.0 Å². The largest absolute Gasteiger partial charge is 0.508 e. The molecule has 1 aliphatic rings. The van der Waals surface area contributed by atoms with Crippen molar-refractivity contribution >= 4 is 41.4 Å². The molecule has 1 fully saturated rings. The molecule has 1 aromatic carbocycles. The average Bonchev–Trinajstić information content (AvgIpc) is 3.13. The zero-order valence-corrected chi connectivity index (χ0v) is 39.6. The summed E-state index contributed by atoms with van der Waals surface area (Å²) in [6.07, 6.45) is 0.177. The van der Waals surface area contributed by atoms with Gasteiger partial charge in [-0.15, -0.1) is 0 Å². The van der Waals surface area contributed by atoms with Crippen molar-refractivity contribution in [2.75, 3.05) is 98.2 Å². The summed E-state index contributed by atoms with van der Waals surface area (Å²) in [7, 11) is 0. The molecule has 0 unspecified atom stereocenters. The molecular formula is C46H75N5O12. The van der Waals surface area contributed by atoms with E-state index in [-0.39, 0.29) is 107 Å². The number of hydrogen-bond acceptors (Lipinski definition) is 16. The van der Waals surface area contributed by atoms with Crippen LogP contribution in [0.5, 0.6) is 5.75 Å². The van der Waals surface area contributed by atoms with Gasteiger partial charge in [-0.1, -0.05) is 12.1 Å². The monoisotopic (exact) mass is 890 g/mol. The molecule has 0 spiro atoms. The number of ketones is 2. The Balaban J connectivity index is 2.27. The van der Waals surface area contributed by atoms with Gasteiger partial charge in [0.15, 0.2) is 5.78 Å². The maximum Gasteiger partial charge on any atom is 0.320 e. The number of aromatic hydroxyl groups is 1. The maximum atomic E-state index is 13.7. The van der Waals surface area contributed by atoms with Crippen molar-refractivity contribution in [2.24, 2.45) is 0 Å². The Morgan fingerprint density at radius 2 is 0.952 bits per heavy atom. The van der Waals surface area contributed by atoms with E-state index in [4.69, 9.17) is 18.9 Å². The number of hydrogen-bond donors (Lipinski definition) is 1. The fourth-order valence-electron chi connectivity index (χ4n) is 6.63. The number of phenolic OH excluding ortho intramolecular Hbond substituents is 1. The first-order valence-corrected chi connectivity index (χ1v) is 22.1. The first kappa shape index (κ1) is 54.7. The average molecular weight is 890 g/mol. The number of nitrogens with zero attached hydrogens (tertiary/aromatic N) is 5. The van der Waals surface area contributed by atoms with Gasteiger partial charge in [-0.2, -0.15) is 0 Å². The minimum absolute atomic E-state index is 0.00335. The van der Waals surface area contributed by atoms with Crippen LogP contribution >= 0.6 is 0 Å². The lowest BCUT2D eigenvalue weighted by atomic mass is 10.1. The maximum absolute atomic E-state index is 13.7. The van der Waals surface area contributed by atoms with E-state index in [0.717, 1.165) is 0 Å². The van der Waals surface area contributed by atoms with E-state index >= 15 is 0 Å². The fraction of sp³-hybridized carbons (Fsp3) is 0.717. The summed E-state index contributed by atoms with van der Waals surface area (Å²) in [5, 5.41) is 9.69. The Morgan fingerprint density at radius 1 is 0.556 bits per heavy atom. The molecule has 17 nitrogen and oxygen atoms in total. The van der Waals surface area contributed by atoms with Gasteiger partial charge in [0.25, 0.3) is 0 Å². The van der Waals surface area contributed by atoms with Crippen molar-refractivity contribution < 1.29 is 57.6 Å². The third kappa shape index (κ3) is 26.1. The van der Waals surface area contributed by atoms with Gasteiger partial charge in [0, 0.05) is 71.7 Å². The summed E-state index contributed by atoms with van der Waals surface area (Å²) in [5.41, 5.74) is -1.41. The van der Waals surface area contributed by atoms with Crippen molar-refractivity contribution in [1.82, 2.24) is 24.5 Å². The lowest BCUT2D eigenvalue weighted by molar-refractivity contribution is -0.158. The smallest absolute Gasteiger partial charge is 0.320 e. The number of phenols is 1. The molecule has 0 saturated carbocycles. The number of Topliss-reactive ketones (excluding diaryl/α,β-unsaturated/α-hetero) is 2.